The van der Waals surface area contributed by atoms with E-state index < -0.39 is 6.10 Å². The van der Waals surface area contributed by atoms with E-state index in [1.807, 2.05) is 22.7 Å². The van der Waals surface area contributed by atoms with Gasteiger partial charge in [-0.15, -0.1) is 10.2 Å². The highest BCUT2D eigenvalue weighted by molar-refractivity contribution is 5.76. The average molecular weight is 387 g/mol. The van der Waals surface area contributed by atoms with Gasteiger partial charge in [-0.25, -0.2) is 4.98 Å². The Labute approximate surface area is 165 Å². The largest absolute Gasteiger partial charge is 0.425 e. The van der Waals surface area contributed by atoms with Crippen molar-refractivity contribution in [3.63, 3.8) is 0 Å². The third kappa shape index (κ3) is 4.11. The van der Waals surface area contributed by atoms with E-state index in [4.69, 9.17) is 4.42 Å². The number of nitrogens with zero attached hydrogens (tertiary/aromatic N) is 5. The lowest BCUT2D eigenvalue weighted by Gasteiger charge is -2.34. The number of rotatable bonds is 6. The number of aliphatic hydroxyl groups is 1. The van der Waals surface area contributed by atoms with Crippen LogP contribution in [-0.4, -0.2) is 48.8 Å². The fraction of sp³-hybridized carbons (Fsp3) is 0.700. The maximum Gasteiger partial charge on any atom is 0.223 e. The van der Waals surface area contributed by atoms with Crippen molar-refractivity contribution in [2.24, 2.45) is 13.0 Å². The molecule has 1 unspecified atom stereocenters. The van der Waals surface area contributed by atoms with Crippen LogP contribution in [0.5, 0.6) is 0 Å². The molecule has 0 aromatic carbocycles. The third-order valence-corrected chi connectivity index (χ3v) is 6.20. The summed E-state index contributed by atoms with van der Waals surface area (Å²) in [6, 6.07) is 0. The molecule has 2 aromatic rings. The maximum absolute atomic E-state index is 12.6. The Morgan fingerprint density at radius 3 is 2.68 bits per heavy atom. The van der Waals surface area contributed by atoms with Gasteiger partial charge in [0.1, 0.15) is 11.9 Å². The summed E-state index contributed by atoms with van der Waals surface area (Å²) in [6.07, 6.45) is 10.1. The number of hydrogen-bond acceptors (Lipinski definition) is 6. The van der Waals surface area contributed by atoms with Crippen molar-refractivity contribution >= 4 is 5.91 Å². The second kappa shape index (κ2) is 8.43. The molecule has 1 amide bonds. The minimum Gasteiger partial charge on any atom is -0.425 e. The topological polar surface area (TPSA) is 97.3 Å². The van der Waals surface area contributed by atoms with Crippen LogP contribution in [0.3, 0.4) is 0 Å². The Kier molecular flexibility index (Phi) is 5.75. The molecule has 0 spiro atoms. The van der Waals surface area contributed by atoms with Gasteiger partial charge in [0.05, 0.1) is 0 Å². The Morgan fingerprint density at radius 2 is 2.00 bits per heavy atom. The second-order valence-electron chi connectivity index (χ2n) is 8.07. The molecule has 8 heteroatoms. The molecular formula is C20H29N5O3. The molecule has 3 heterocycles. The van der Waals surface area contributed by atoms with Gasteiger partial charge < -0.3 is 19.0 Å². The van der Waals surface area contributed by atoms with E-state index >= 15 is 0 Å². The first kappa shape index (κ1) is 19.1. The first-order valence-corrected chi connectivity index (χ1v) is 10.4. The molecule has 152 valence electrons. The molecule has 0 radical (unpaired) electrons. The molecule has 1 saturated heterocycles. The van der Waals surface area contributed by atoms with E-state index in [-0.39, 0.29) is 11.8 Å². The number of amides is 1. The SMILES string of the molecule is Cn1ccnc1C(O)C1CCN(C(=O)CCc2nnc(C3CCCC3)o2)CC1. The zero-order valence-corrected chi connectivity index (χ0v) is 16.5. The van der Waals surface area contributed by atoms with Crippen molar-refractivity contribution in [2.75, 3.05) is 13.1 Å². The molecule has 1 aliphatic heterocycles. The normalized spacial score (nSPS) is 20.0. The summed E-state index contributed by atoms with van der Waals surface area (Å²) >= 11 is 0. The van der Waals surface area contributed by atoms with Gasteiger partial charge in [-0.1, -0.05) is 12.8 Å². The van der Waals surface area contributed by atoms with E-state index in [1.165, 1.54) is 12.8 Å². The number of piperidine rings is 1. The minimum absolute atomic E-state index is 0.116. The number of aliphatic hydroxyl groups excluding tert-OH is 1. The van der Waals surface area contributed by atoms with Gasteiger partial charge in [-0.2, -0.15) is 0 Å². The van der Waals surface area contributed by atoms with Crippen LogP contribution in [-0.2, 0) is 18.3 Å². The van der Waals surface area contributed by atoms with Crippen LogP contribution in [0.4, 0.5) is 0 Å². The highest BCUT2D eigenvalue weighted by atomic mass is 16.4. The number of aryl methyl sites for hydroxylation is 2. The molecule has 28 heavy (non-hydrogen) atoms. The number of hydrogen-bond donors (Lipinski definition) is 1. The lowest BCUT2D eigenvalue weighted by atomic mass is 9.90. The summed E-state index contributed by atoms with van der Waals surface area (Å²) in [6.45, 7) is 1.34. The van der Waals surface area contributed by atoms with Crippen molar-refractivity contribution in [2.45, 2.75) is 63.4 Å². The number of carbonyl (C=O) groups excluding carboxylic acids is 1. The van der Waals surface area contributed by atoms with Crippen LogP contribution in [0, 0.1) is 5.92 Å². The van der Waals surface area contributed by atoms with Crippen LogP contribution in [0.25, 0.3) is 0 Å². The highest BCUT2D eigenvalue weighted by Crippen LogP contribution is 2.33. The lowest BCUT2D eigenvalue weighted by Crippen LogP contribution is -2.40. The molecular weight excluding hydrogens is 358 g/mol. The van der Waals surface area contributed by atoms with Gasteiger partial charge in [0, 0.05) is 51.3 Å². The first-order valence-electron chi connectivity index (χ1n) is 10.4. The molecule has 2 aliphatic rings. The summed E-state index contributed by atoms with van der Waals surface area (Å²) in [5, 5.41) is 18.9. The second-order valence-corrected chi connectivity index (χ2v) is 8.07. The number of likely N-dealkylation sites (tertiary alicyclic amines) is 1. The standard InChI is InChI=1S/C20H29N5O3/c1-24-13-10-21-19(24)18(27)14-8-11-25(12-9-14)17(26)7-6-16-22-23-20(28-16)15-4-2-3-5-15/h10,13-15,18,27H,2-9,11-12H2,1H3. The van der Waals surface area contributed by atoms with Gasteiger partial charge >= 0.3 is 0 Å². The Bertz CT molecular complexity index is 787. The van der Waals surface area contributed by atoms with E-state index in [9.17, 15) is 9.90 Å². The Hall–Kier alpha value is -2.22. The van der Waals surface area contributed by atoms with Crippen LogP contribution >= 0.6 is 0 Å². The van der Waals surface area contributed by atoms with E-state index in [0.29, 0.717) is 43.6 Å². The zero-order chi connectivity index (χ0) is 19.5. The smallest absolute Gasteiger partial charge is 0.223 e. The molecule has 1 N–H and O–H groups in total. The average Bonchev–Trinajstić information content (AvgIpc) is 3.47. The summed E-state index contributed by atoms with van der Waals surface area (Å²) in [7, 11) is 1.89. The summed E-state index contributed by atoms with van der Waals surface area (Å²) in [4.78, 5) is 18.7. The van der Waals surface area contributed by atoms with Gasteiger partial charge in [-0.3, -0.25) is 4.79 Å². The quantitative estimate of drug-likeness (QED) is 0.817. The Balaban J connectivity index is 1.23. The van der Waals surface area contributed by atoms with Crippen molar-refractivity contribution in [1.82, 2.24) is 24.6 Å². The van der Waals surface area contributed by atoms with Gasteiger partial charge in [0.25, 0.3) is 0 Å². The van der Waals surface area contributed by atoms with Crippen molar-refractivity contribution in [1.29, 1.82) is 0 Å². The Morgan fingerprint density at radius 1 is 1.25 bits per heavy atom. The van der Waals surface area contributed by atoms with E-state index in [2.05, 4.69) is 15.2 Å². The predicted octanol–water partition coefficient (Wildman–Crippen LogP) is 2.37. The molecule has 1 aliphatic carbocycles. The lowest BCUT2D eigenvalue weighted by molar-refractivity contribution is -0.133. The summed E-state index contributed by atoms with van der Waals surface area (Å²) < 4.78 is 7.62. The van der Waals surface area contributed by atoms with Crippen LogP contribution in [0.1, 0.15) is 74.6 Å². The van der Waals surface area contributed by atoms with Crippen LogP contribution in [0.15, 0.2) is 16.8 Å². The monoisotopic (exact) mass is 387 g/mol. The van der Waals surface area contributed by atoms with Gasteiger partial charge in [0.15, 0.2) is 0 Å². The van der Waals surface area contributed by atoms with Crippen molar-refractivity contribution < 1.29 is 14.3 Å². The van der Waals surface area contributed by atoms with E-state index in [0.717, 1.165) is 31.6 Å². The highest BCUT2D eigenvalue weighted by Gasteiger charge is 2.30. The summed E-state index contributed by atoms with van der Waals surface area (Å²) in [5.41, 5.74) is 0. The number of aromatic nitrogens is 4. The van der Waals surface area contributed by atoms with Crippen molar-refractivity contribution in [3.05, 3.63) is 30.0 Å². The van der Waals surface area contributed by atoms with E-state index in [1.54, 1.807) is 6.20 Å². The van der Waals surface area contributed by atoms with Gasteiger partial charge in [-0.05, 0) is 31.6 Å². The van der Waals surface area contributed by atoms with Crippen molar-refractivity contribution in [3.8, 4) is 0 Å². The fourth-order valence-corrected chi connectivity index (χ4v) is 4.41. The molecule has 8 nitrogen and oxygen atoms in total. The minimum atomic E-state index is -0.579. The third-order valence-electron chi connectivity index (χ3n) is 6.20. The maximum atomic E-state index is 12.6. The molecule has 0 bridgehead atoms. The van der Waals surface area contributed by atoms with Gasteiger partial charge in [0.2, 0.25) is 17.7 Å². The molecule has 2 aromatic heterocycles. The molecule has 4 rings (SSSR count). The number of imidazole rings is 1. The number of carbonyl (C=O) groups is 1. The zero-order valence-electron chi connectivity index (χ0n) is 16.5. The first-order chi connectivity index (χ1) is 13.6. The summed E-state index contributed by atoms with van der Waals surface area (Å²) in [5.74, 6) is 2.65. The van der Waals surface area contributed by atoms with Crippen LogP contribution in [0.2, 0.25) is 0 Å². The van der Waals surface area contributed by atoms with Crippen LogP contribution < -0.4 is 0 Å². The molecule has 1 saturated carbocycles. The predicted molar refractivity (Wildman–Crippen MR) is 101 cm³/mol. The molecule has 1 atom stereocenters. The molecule has 2 fully saturated rings. The fourth-order valence-electron chi connectivity index (χ4n) is 4.41.